The van der Waals surface area contributed by atoms with Crippen molar-refractivity contribution >= 4 is 5.91 Å². The first-order chi connectivity index (χ1) is 6.25. The fourth-order valence-corrected chi connectivity index (χ4v) is 1.07. The van der Waals surface area contributed by atoms with Crippen molar-refractivity contribution in [1.82, 2.24) is 5.48 Å². The molecule has 1 heterocycles. The fraction of sp³-hybridized carbons (Fsp3) is 0.625. The van der Waals surface area contributed by atoms with Crippen molar-refractivity contribution in [2.24, 2.45) is 11.7 Å². The summed E-state index contributed by atoms with van der Waals surface area (Å²) in [5.74, 6) is 1.61. The van der Waals surface area contributed by atoms with Crippen LogP contribution in [0.2, 0.25) is 0 Å². The molecule has 0 saturated carbocycles. The van der Waals surface area contributed by atoms with Crippen molar-refractivity contribution < 1.29 is 14.4 Å². The molecule has 0 aromatic rings. The smallest absolute Gasteiger partial charge is 0.250 e. The predicted molar refractivity (Wildman–Crippen MR) is 45.2 cm³/mol. The van der Waals surface area contributed by atoms with Gasteiger partial charge in [0.2, 0.25) is 0 Å². The van der Waals surface area contributed by atoms with Crippen LogP contribution in [0, 0.1) is 18.3 Å². The highest BCUT2D eigenvalue weighted by Gasteiger charge is 2.31. The standard InChI is InChI=1S/C8H12N2O3/c1-2-3-13-10-8(11)6-4-12-5-7(6)9/h1,6-7H,3-5,9H2,(H,10,11). The van der Waals surface area contributed by atoms with Gasteiger partial charge in [0, 0.05) is 6.04 Å². The molecule has 3 N–H and O–H groups in total. The first-order valence-electron chi connectivity index (χ1n) is 3.94. The monoisotopic (exact) mass is 184 g/mol. The molecule has 0 radical (unpaired) electrons. The Kier molecular flexibility index (Phi) is 3.71. The van der Waals surface area contributed by atoms with E-state index in [4.69, 9.17) is 16.9 Å². The summed E-state index contributed by atoms with van der Waals surface area (Å²) in [7, 11) is 0. The van der Waals surface area contributed by atoms with E-state index in [-0.39, 0.29) is 24.5 Å². The molecule has 2 atom stereocenters. The number of terminal acetylenes is 1. The van der Waals surface area contributed by atoms with Gasteiger partial charge in [-0.25, -0.2) is 5.48 Å². The van der Waals surface area contributed by atoms with Crippen LogP contribution in [-0.4, -0.2) is 31.8 Å². The van der Waals surface area contributed by atoms with Crippen LogP contribution in [0.25, 0.3) is 0 Å². The number of hydrogen-bond acceptors (Lipinski definition) is 4. The molecular formula is C8H12N2O3. The van der Waals surface area contributed by atoms with Crippen LogP contribution in [0.1, 0.15) is 0 Å². The molecular weight excluding hydrogens is 172 g/mol. The lowest BCUT2D eigenvalue weighted by molar-refractivity contribution is -0.136. The van der Waals surface area contributed by atoms with Gasteiger partial charge in [-0.05, 0) is 0 Å². The molecule has 5 heteroatoms. The van der Waals surface area contributed by atoms with Crippen molar-refractivity contribution in [1.29, 1.82) is 0 Å². The highest BCUT2D eigenvalue weighted by atomic mass is 16.6. The van der Waals surface area contributed by atoms with Gasteiger partial charge in [-0.2, -0.15) is 0 Å². The van der Waals surface area contributed by atoms with E-state index >= 15 is 0 Å². The molecule has 1 amide bonds. The Balaban J connectivity index is 2.27. The molecule has 5 nitrogen and oxygen atoms in total. The Morgan fingerprint density at radius 2 is 2.54 bits per heavy atom. The molecule has 0 aliphatic carbocycles. The van der Waals surface area contributed by atoms with Crippen LogP contribution in [-0.2, 0) is 14.4 Å². The molecule has 1 rings (SSSR count). The third-order valence-corrected chi connectivity index (χ3v) is 1.79. The van der Waals surface area contributed by atoms with Crippen molar-refractivity contribution in [3.63, 3.8) is 0 Å². The van der Waals surface area contributed by atoms with Crippen LogP contribution in [0.5, 0.6) is 0 Å². The number of carbonyl (C=O) groups is 1. The highest BCUT2D eigenvalue weighted by Crippen LogP contribution is 2.11. The quantitative estimate of drug-likeness (QED) is 0.323. The second-order valence-electron chi connectivity index (χ2n) is 2.77. The molecule has 0 spiro atoms. The number of hydroxylamine groups is 1. The zero-order valence-corrected chi connectivity index (χ0v) is 7.16. The first kappa shape index (κ1) is 9.99. The van der Waals surface area contributed by atoms with Gasteiger partial charge in [0.1, 0.15) is 6.61 Å². The zero-order valence-electron chi connectivity index (χ0n) is 7.16. The van der Waals surface area contributed by atoms with Crippen LogP contribution in [0.4, 0.5) is 0 Å². The van der Waals surface area contributed by atoms with E-state index in [0.717, 1.165) is 0 Å². The maximum Gasteiger partial charge on any atom is 0.250 e. The predicted octanol–water partition coefficient (Wildman–Crippen LogP) is -1.36. The summed E-state index contributed by atoms with van der Waals surface area (Å²) in [4.78, 5) is 15.9. The summed E-state index contributed by atoms with van der Waals surface area (Å²) >= 11 is 0. The Morgan fingerprint density at radius 1 is 1.77 bits per heavy atom. The summed E-state index contributed by atoms with van der Waals surface area (Å²) in [6, 6.07) is -0.255. The fourth-order valence-electron chi connectivity index (χ4n) is 1.07. The molecule has 0 bridgehead atoms. The van der Waals surface area contributed by atoms with Gasteiger partial charge >= 0.3 is 0 Å². The van der Waals surface area contributed by atoms with E-state index in [9.17, 15) is 4.79 Å². The molecule has 13 heavy (non-hydrogen) atoms. The third kappa shape index (κ3) is 2.70. The molecule has 1 aliphatic rings. The summed E-state index contributed by atoms with van der Waals surface area (Å²) in [5.41, 5.74) is 7.82. The lowest BCUT2D eigenvalue weighted by atomic mass is 10.0. The SMILES string of the molecule is C#CCONC(=O)C1COCC1N. The number of amides is 1. The van der Waals surface area contributed by atoms with E-state index in [1.165, 1.54) is 0 Å². The van der Waals surface area contributed by atoms with E-state index in [1.54, 1.807) is 0 Å². The third-order valence-electron chi connectivity index (χ3n) is 1.79. The Morgan fingerprint density at radius 3 is 3.08 bits per heavy atom. The van der Waals surface area contributed by atoms with Crippen LogP contribution < -0.4 is 11.2 Å². The molecule has 2 unspecified atom stereocenters. The molecule has 1 fully saturated rings. The van der Waals surface area contributed by atoms with E-state index in [1.807, 2.05) is 0 Å². The minimum absolute atomic E-state index is 0.0502. The van der Waals surface area contributed by atoms with Crippen molar-refractivity contribution in [2.75, 3.05) is 19.8 Å². The van der Waals surface area contributed by atoms with Crippen LogP contribution in [0.3, 0.4) is 0 Å². The topological polar surface area (TPSA) is 73.6 Å². The van der Waals surface area contributed by atoms with E-state index in [0.29, 0.717) is 13.2 Å². The Hall–Kier alpha value is -1.09. The Bertz CT molecular complexity index is 224. The molecule has 0 aromatic carbocycles. The maximum atomic E-state index is 11.3. The average Bonchev–Trinajstić information content (AvgIpc) is 2.52. The van der Waals surface area contributed by atoms with Gasteiger partial charge in [-0.15, -0.1) is 6.42 Å². The minimum Gasteiger partial charge on any atom is -0.379 e. The number of nitrogens with one attached hydrogen (secondary N) is 1. The average molecular weight is 184 g/mol. The normalized spacial score (nSPS) is 26.8. The summed E-state index contributed by atoms with van der Waals surface area (Å²) in [5, 5.41) is 0. The van der Waals surface area contributed by atoms with Gasteiger partial charge in [-0.1, -0.05) is 5.92 Å². The van der Waals surface area contributed by atoms with Gasteiger partial charge in [0.25, 0.3) is 5.91 Å². The van der Waals surface area contributed by atoms with E-state index in [2.05, 4.69) is 16.2 Å². The van der Waals surface area contributed by atoms with Crippen LogP contribution in [0.15, 0.2) is 0 Å². The summed E-state index contributed by atoms with van der Waals surface area (Å²) in [6.07, 6.45) is 4.92. The first-order valence-corrected chi connectivity index (χ1v) is 3.94. The van der Waals surface area contributed by atoms with Gasteiger partial charge in [-0.3, -0.25) is 9.63 Å². The molecule has 0 aromatic heterocycles. The minimum atomic E-state index is -0.335. The van der Waals surface area contributed by atoms with Gasteiger partial charge in [0.15, 0.2) is 0 Å². The second-order valence-corrected chi connectivity index (χ2v) is 2.77. The number of carbonyl (C=O) groups excluding carboxylic acids is 1. The van der Waals surface area contributed by atoms with Crippen LogP contribution >= 0.6 is 0 Å². The molecule has 1 aliphatic heterocycles. The largest absolute Gasteiger partial charge is 0.379 e. The maximum absolute atomic E-state index is 11.3. The number of nitrogens with two attached hydrogens (primary N) is 1. The number of rotatable bonds is 3. The summed E-state index contributed by atoms with van der Waals surface area (Å²) in [6.45, 7) is 0.800. The Labute approximate surface area is 76.5 Å². The van der Waals surface area contributed by atoms with Gasteiger partial charge in [0.05, 0.1) is 19.1 Å². The second kappa shape index (κ2) is 4.82. The number of ether oxygens (including phenoxy) is 1. The lowest BCUT2D eigenvalue weighted by Gasteiger charge is -2.11. The summed E-state index contributed by atoms with van der Waals surface area (Å²) < 4.78 is 5.02. The zero-order chi connectivity index (χ0) is 9.68. The molecule has 72 valence electrons. The van der Waals surface area contributed by atoms with E-state index < -0.39 is 0 Å². The highest BCUT2D eigenvalue weighted by molar-refractivity contribution is 5.78. The van der Waals surface area contributed by atoms with Crippen molar-refractivity contribution in [3.8, 4) is 12.3 Å². The van der Waals surface area contributed by atoms with Crippen molar-refractivity contribution in [3.05, 3.63) is 0 Å². The number of hydrogen-bond donors (Lipinski definition) is 2. The van der Waals surface area contributed by atoms with Crippen molar-refractivity contribution in [2.45, 2.75) is 6.04 Å². The molecule has 1 saturated heterocycles. The lowest BCUT2D eigenvalue weighted by Crippen LogP contribution is -2.41. The van der Waals surface area contributed by atoms with Gasteiger partial charge < -0.3 is 10.5 Å².